The second-order valence-electron chi connectivity index (χ2n) is 32.7. The van der Waals surface area contributed by atoms with Gasteiger partial charge in [0, 0.05) is 115 Å². The van der Waals surface area contributed by atoms with Crippen LogP contribution >= 0.6 is 15.8 Å². The van der Waals surface area contributed by atoms with E-state index >= 15 is 0 Å². The third-order valence-corrected chi connectivity index (χ3v) is 23.5. The van der Waals surface area contributed by atoms with Crippen molar-refractivity contribution >= 4 is 26.5 Å². The van der Waals surface area contributed by atoms with Gasteiger partial charge in [0.2, 0.25) is 0 Å². The van der Waals surface area contributed by atoms with Crippen molar-refractivity contribution in [3.63, 3.8) is 0 Å². The van der Waals surface area contributed by atoms with Crippen LogP contribution in [0.2, 0.25) is 0 Å². The molecule has 8 aromatic carbocycles. The number of pyridine rings is 6. The Balaban J connectivity index is 0.000000280. The Kier molecular flexibility index (Phi) is 41.2. The first kappa shape index (κ1) is 106. The molecule has 772 valence electrons. The fourth-order valence-electron chi connectivity index (χ4n) is 14.6. The fraction of sp³-hybridized carbons (Fsp3) is 0.153. The number of benzene rings is 8. The molecule has 0 aliphatic rings. The molecule has 0 fully saturated rings. The average molecular weight is 2600 g/mol. The first-order valence-electron chi connectivity index (χ1n) is 50.3. The number of hydrogen-bond acceptors (Lipinski definition) is 12. The number of aromatic nitrogens is 18. The van der Waals surface area contributed by atoms with Gasteiger partial charge < -0.3 is 90.9 Å². The molecule has 0 aliphatic carbocycles. The summed E-state index contributed by atoms with van der Waals surface area (Å²) in [7, 11) is -4.28. The molecule has 0 unspecified atom stereocenters. The zero-order chi connectivity index (χ0) is 112. The van der Waals surface area contributed by atoms with Crippen LogP contribution in [0.4, 0.5) is 39.5 Å². The van der Waals surface area contributed by atoms with Crippen molar-refractivity contribution < 1.29 is 115 Å². The molecule has 0 aliphatic heterocycles. The maximum absolute atomic E-state index is 12.6. The summed E-state index contributed by atoms with van der Waals surface area (Å²) in [6.07, 6.45) is -2.87. The van der Waals surface area contributed by atoms with Gasteiger partial charge in [-0.15, -0.1) is 0 Å². The standard InChI is InChI=1S/C17H13F3N3.C17H16N3.2C16H11F3N3.2C16H14N3.2C8H11P.4CH3.3Os/c1-10-5-3-4-6-12(10)13-9-21-14(7-11(13)2)15-8-16(23-22-15)17(18,19)20;1-11-6-4-5-7-14(11)15-10-18-16(8-12(15)2)17-9-13(3)19-20-17;2*1-10-7-12(11-5-3-2-4-6-11)9-20-15(10)13-8-14(22-21-13)16(17,18)19;2*1-11-8-14(13-6-4-3-5-7-13)10-17-16(11)15-9-12(2)18-19-15;2*1-9(2)8-6-4-3-5-7-8;;;;;;;/h3-9H,1-2H3;4-10H,1-3H3;2*2-9H,1H3;2*3-10H,1-2H3;2*3-7H,1-2H3;4*1H3;;;/q6*-1;;;4*-1;+2;2*+4/i;;;;;;2*1D3,2D3;;;;;;;. The minimum absolute atomic E-state index is 0. The maximum Gasteiger partial charge on any atom is 4.00 e. The summed E-state index contributed by atoms with van der Waals surface area (Å²) in [4.78, 5) is 26.4. The third kappa shape index (κ3) is 34.6. The summed E-state index contributed by atoms with van der Waals surface area (Å²) < 4.78 is 201. The molecule has 12 heterocycles. The first-order valence-corrected chi connectivity index (χ1v) is 47.0. The molecule has 0 N–H and O–H groups in total. The largest absolute Gasteiger partial charge is 4.00 e. The Morgan fingerprint density at radius 3 is 0.687 bits per heavy atom. The van der Waals surface area contributed by atoms with Crippen LogP contribution in [-0.4, -0.2) is 86.9 Å². The monoisotopic (exact) mass is 2600 g/mol. The molecular weight excluding hydrogens is 2470 g/mol. The maximum atomic E-state index is 12.6. The van der Waals surface area contributed by atoms with Gasteiger partial charge in [0.15, 0.2) is 0 Å². The third-order valence-electron chi connectivity index (χ3n) is 21.8. The van der Waals surface area contributed by atoms with Crippen LogP contribution in [0.1, 0.15) is 95.1 Å². The van der Waals surface area contributed by atoms with E-state index in [1.165, 1.54) is 33.4 Å². The Hall–Kier alpha value is -13.9. The van der Waals surface area contributed by atoms with Crippen LogP contribution in [0.25, 0.3) is 135 Å². The van der Waals surface area contributed by atoms with Crippen LogP contribution in [0, 0.1) is 106 Å². The van der Waals surface area contributed by atoms with Crippen molar-refractivity contribution in [2.45, 2.75) is 94.7 Å². The zero-order valence-electron chi connectivity index (χ0n) is 96.2. The van der Waals surface area contributed by atoms with Gasteiger partial charge in [-0.25, -0.2) is 0 Å². The van der Waals surface area contributed by atoms with E-state index in [1.54, 1.807) is 99.2 Å². The van der Waals surface area contributed by atoms with Gasteiger partial charge in [0.1, 0.15) is 17.1 Å². The number of aryl methyl sites for hydroxylation is 11. The number of hydrogen-bond donors (Lipinski definition) is 0. The van der Waals surface area contributed by atoms with Gasteiger partial charge in [-0.2, -0.15) is 39.5 Å². The Morgan fingerprint density at radius 2 is 0.453 bits per heavy atom. The van der Waals surface area contributed by atoms with E-state index in [2.05, 4.69) is 186 Å². The number of nitrogens with zero attached hydrogens (tertiary/aromatic N) is 18. The van der Waals surface area contributed by atoms with E-state index in [9.17, 15) is 39.5 Å². The van der Waals surface area contributed by atoms with Crippen molar-refractivity contribution in [3.05, 3.63) is 449 Å². The predicted molar refractivity (Wildman–Crippen MR) is 580 cm³/mol. The van der Waals surface area contributed by atoms with E-state index in [0.29, 0.717) is 27.7 Å². The molecule has 0 bridgehead atoms. The molecular formula is C118H113F9N18Os3P2. The molecule has 0 radical (unpaired) electrons. The number of alkyl halides is 9. The van der Waals surface area contributed by atoms with E-state index in [-0.39, 0.29) is 106 Å². The van der Waals surface area contributed by atoms with Gasteiger partial charge in [-0.1, -0.05) is 299 Å². The van der Waals surface area contributed by atoms with Gasteiger partial charge >= 0.3 is 77.9 Å². The summed E-state index contributed by atoms with van der Waals surface area (Å²) in [5.41, 5.74) is 27.5. The van der Waals surface area contributed by atoms with Gasteiger partial charge in [0.05, 0.1) is 22.8 Å². The minimum atomic E-state index is -4.50. The Bertz CT molecular complexity index is 7690. The van der Waals surface area contributed by atoms with E-state index in [0.717, 1.165) is 147 Å². The summed E-state index contributed by atoms with van der Waals surface area (Å²) in [6.45, 7) is 11.8. The quantitative estimate of drug-likeness (QED) is 0.0558. The molecule has 0 atom stereocenters. The molecule has 12 aromatic heterocycles. The molecule has 150 heavy (non-hydrogen) atoms. The van der Waals surface area contributed by atoms with E-state index < -0.39 is 77.8 Å². The second kappa shape index (κ2) is 58.3. The normalized spacial score (nSPS) is 12.1. The predicted octanol–water partition coefficient (Wildman–Crippen LogP) is 29.0. The number of rotatable bonds is 14. The molecule has 32 heteroatoms. The molecule has 0 spiro atoms. The van der Waals surface area contributed by atoms with Gasteiger partial charge in [-0.05, 0) is 246 Å². The van der Waals surface area contributed by atoms with Crippen molar-refractivity contribution in [3.8, 4) is 135 Å². The topological polar surface area (TPSA) is 239 Å². The SMILES string of the molecule is Cc1cc(-c2cc(C)c(-c3ccccc3C)cn2)[n-]n1.Cc1cc(-c2ccccc2)cnc1-c1cc(C(F)(F)F)n[n-]1.Cc1cc(-c2ccccc2)cnc1-c1cc(C(F)(F)F)n[n-]1.Cc1cc(-c2ncc(-c3ccccc3)cc2C)[n-]n1.Cc1cc(-c2ncc(-c3ccccc3)cc2C)[n-]n1.Cc1ccccc1-c1cnc(-c2cc(C(F)(F)F)n[n-]2)cc1C.[2H]C([2H])([2H])P(c1ccccc1)C([2H])([2H])[2H].[2H]C([2H])([2H])P(c1ccccc1)C([2H])([2H])[2H].[CH3-].[CH3-].[CH3-].[CH3-].[Os+2].[Os+4].[Os+4]. The molecule has 20 aromatic rings. The second-order valence-corrected chi connectivity index (χ2v) is 35.1. The van der Waals surface area contributed by atoms with Crippen molar-refractivity contribution in [2.75, 3.05) is 26.4 Å². The number of halogens is 9. The van der Waals surface area contributed by atoms with Crippen LogP contribution in [-0.2, 0) is 77.9 Å². The zero-order valence-corrected chi connectivity index (χ0v) is 93.6. The summed E-state index contributed by atoms with van der Waals surface area (Å²) >= 11 is 0. The molecule has 0 saturated carbocycles. The molecule has 0 amide bonds. The van der Waals surface area contributed by atoms with Crippen molar-refractivity contribution in [1.29, 1.82) is 0 Å². The Morgan fingerprint density at radius 1 is 0.227 bits per heavy atom. The van der Waals surface area contributed by atoms with Crippen molar-refractivity contribution in [1.82, 2.24) is 91.1 Å². The fourth-order valence-corrected chi connectivity index (χ4v) is 15.5. The van der Waals surface area contributed by atoms with Crippen molar-refractivity contribution in [2.24, 2.45) is 0 Å². The van der Waals surface area contributed by atoms with E-state index in [4.69, 9.17) is 16.4 Å². The minimum Gasteiger partial charge on any atom is -0.574 e. The summed E-state index contributed by atoms with van der Waals surface area (Å²) in [6, 6.07) is 92.8. The Labute approximate surface area is 931 Å². The first-order chi connectivity index (χ1) is 73.3. The molecule has 0 saturated heterocycles. The van der Waals surface area contributed by atoms with Crippen LogP contribution in [0.5, 0.6) is 0 Å². The van der Waals surface area contributed by atoms with Crippen LogP contribution in [0.3, 0.4) is 0 Å². The van der Waals surface area contributed by atoms with Crippen LogP contribution < -0.4 is 41.2 Å². The van der Waals surface area contributed by atoms with E-state index in [1.807, 2.05) is 205 Å². The average Bonchev–Trinajstić information content (AvgIpc) is 0.872. The molecule has 18 nitrogen and oxygen atoms in total. The summed E-state index contributed by atoms with van der Waals surface area (Å²) in [5, 5.41) is 45.5. The smallest absolute Gasteiger partial charge is 0.574 e. The van der Waals surface area contributed by atoms with Gasteiger partial charge in [-0.3, -0.25) is 29.9 Å². The van der Waals surface area contributed by atoms with Gasteiger partial charge in [0.25, 0.3) is 0 Å². The molecule has 20 rings (SSSR count). The summed E-state index contributed by atoms with van der Waals surface area (Å²) in [5.74, 6) is 0. The van der Waals surface area contributed by atoms with Crippen LogP contribution in [0.15, 0.2) is 340 Å².